The smallest absolute Gasteiger partial charge is 0.220 e. The Balaban J connectivity index is 2.15. The molecule has 0 aromatic heterocycles. The fourth-order valence-corrected chi connectivity index (χ4v) is 5.83. The van der Waals surface area contributed by atoms with Crippen molar-refractivity contribution in [2.24, 2.45) is 0 Å². The van der Waals surface area contributed by atoms with E-state index >= 15 is 0 Å². The first-order valence-corrected chi connectivity index (χ1v) is 17.5. The van der Waals surface area contributed by atoms with Crippen LogP contribution in [0.25, 0.3) is 0 Å². The Morgan fingerprint density at radius 3 is 1.41 bits per heavy atom. The average molecular weight is 572 g/mol. The van der Waals surface area contributed by atoms with Gasteiger partial charge in [0, 0.05) is 12.5 Å². The molecule has 1 rings (SSSR count). The van der Waals surface area contributed by atoms with E-state index in [-0.39, 0.29) is 22.8 Å². The number of aromatic hydroxyl groups is 1. The van der Waals surface area contributed by atoms with Crippen molar-refractivity contribution in [3.8, 4) is 5.75 Å². The lowest BCUT2D eigenvalue weighted by molar-refractivity contribution is -0.121. The number of hydrogen-bond donors (Lipinski definition) is 2. The highest BCUT2D eigenvalue weighted by Crippen LogP contribution is 2.40. The largest absolute Gasteiger partial charge is 0.507 e. The molecule has 0 saturated carbocycles. The van der Waals surface area contributed by atoms with Crippen molar-refractivity contribution in [1.82, 2.24) is 5.32 Å². The number of phenolic OH excluding ortho intramolecular Hbond substituents is 1. The predicted octanol–water partition coefficient (Wildman–Crippen LogP) is 11.5. The van der Waals surface area contributed by atoms with Gasteiger partial charge in [0.05, 0.1) is 0 Å². The van der Waals surface area contributed by atoms with Crippen LogP contribution in [0.5, 0.6) is 5.75 Å². The Kier molecular flexibility index (Phi) is 18.7. The van der Waals surface area contributed by atoms with Gasteiger partial charge in [-0.05, 0) is 47.3 Å². The molecule has 41 heavy (non-hydrogen) atoms. The van der Waals surface area contributed by atoms with E-state index < -0.39 is 0 Å². The Bertz CT molecular complexity index is 795. The normalized spacial score (nSPS) is 13.0. The van der Waals surface area contributed by atoms with Crippen molar-refractivity contribution in [2.75, 3.05) is 0 Å². The molecule has 0 radical (unpaired) electrons. The van der Waals surface area contributed by atoms with E-state index in [0.29, 0.717) is 18.6 Å². The predicted molar refractivity (Wildman–Crippen MR) is 180 cm³/mol. The molecule has 0 aliphatic rings. The van der Waals surface area contributed by atoms with Crippen molar-refractivity contribution < 1.29 is 9.90 Å². The van der Waals surface area contributed by atoms with Crippen molar-refractivity contribution >= 4 is 5.91 Å². The summed E-state index contributed by atoms with van der Waals surface area (Å²) in [4.78, 5) is 12.7. The molecule has 0 saturated heterocycles. The van der Waals surface area contributed by atoms with Crippen LogP contribution in [0.4, 0.5) is 0 Å². The summed E-state index contributed by atoms with van der Waals surface area (Å²) in [5.74, 6) is 0.535. The second-order valence-electron chi connectivity index (χ2n) is 15.0. The fourth-order valence-electron chi connectivity index (χ4n) is 5.83. The summed E-state index contributed by atoms with van der Waals surface area (Å²) in [6.07, 6.45) is 25.9. The highest BCUT2D eigenvalue weighted by atomic mass is 16.3. The maximum absolute atomic E-state index is 12.7. The lowest BCUT2D eigenvalue weighted by atomic mass is 9.78. The van der Waals surface area contributed by atoms with Crippen LogP contribution in [0.15, 0.2) is 12.1 Å². The molecular formula is C38H69NO2. The SMILES string of the molecule is CCCCCCCCCCCCCCCCCCCC(C)NC(=O)CCc1cc(C(C)(C)C)c(O)c(C(C)(C)C)c1. The van der Waals surface area contributed by atoms with Gasteiger partial charge >= 0.3 is 0 Å². The topological polar surface area (TPSA) is 49.3 Å². The standard InChI is InChI=1S/C38H69NO2/c1-9-10-11-12-13-14-15-16-17-18-19-20-21-22-23-24-25-26-31(2)39-35(40)28-27-32-29-33(37(3,4)5)36(41)34(30-32)38(6,7)8/h29-31,41H,9-28H2,1-8H3,(H,39,40). The summed E-state index contributed by atoms with van der Waals surface area (Å²) in [5.41, 5.74) is 2.77. The number of aryl methyl sites for hydroxylation is 1. The highest BCUT2D eigenvalue weighted by Gasteiger charge is 2.26. The van der Waals surface area contributed by atoms with Crippen LogP contribution in [-0.4, -0.2) is 17.1 Å². The summed E-state index contributed by atoms with van der Waals surface area (Å²) < 4.78 is 0. The molecule has 0 bridgehead atoms. The van der Waals surface area contributed by atoms with Gasteiger partial charge in [0.1, 0.15) is 5.75 Å². The lowest BCUT2D eigenvalue weighted by Crippen LogP contribution is -2.32. The first kappa shape index (κ1) is 37.5. The third-order valence-corrected chi connectivity index (χ3v) is 8.57. The Morgan fingerprint density at radius 1 is 0.683 bits per heavy atom. The molecule has 1 unspecified atom stereocenters. The zero-order valence-corrected chi connectivity index (χ0v) is 28.7. The van der Waals surface area contributed by atoms with Gasteiger partial charge in [-0.2, -0.15) is 0 Å². The second kappa shape index (κ2) is 20.4. The van der Waals surface area contributed by atoms with E-state index in [2.05, 4.69) is 72.8 Å². The lowest BCUT2D eigenvalue weighted by Gasteiger charge is -2.28. The Hall–Kier alpha value is -1.51. The summed E-state index contributed by atoms with van der Waals surface area (Å²) in [6.45, 7) is 17.2. The molecule has 0 heterocycles. The fraction of sp³-hybridized carbons (Fsp3) is 0.816. The van der Waals surface area contributed by atoms with Crippen LogP contribution in [0.2, 0.25) is 0 Å². The molecular weight excluding hydrogens is 502 g/mol. The Morgan fingerprint density at radius 2 is 1.05 bits per heavy atom. The van der Waals surface area contributed by atoms with Gasteiger partial charge in [0.25, 0.3) is 0 Å². The van der Waals surface area contributed by atoms with Crippen LogP contribution < -0.4 is 5.32 Å². The molecule has 3 nitrogen and oxygen atoms in total. The molecule has 1 aromatic carbocycles. The van der Waals surface area contributed by atoms with Gasteiger partial charge in [0.2, 0.25) is 5.91 Å². The minimum Gasteiger partial charge on any atom is -0.507 e. The Labute approximate surface area is 256 Å². The molecule has 3 heteroatoms. The average Bonchev–Trinajstić information content (AvgIpc) is 2.88. The van der Waals surface area contributed by atoms with Crippen molar-refractivity contribution in [1.29, 1.82) is 0 Å². The number of benzene rings is 1. The first-order chi connectivity index (χ1) is 19.4. The third kappa shape index (κ3) is 17.3. The summed E-state index contributed by atoms with van der Waals surface area (Å²) in [7, 11) is 0. The van der Waals surface area contributed by atoms with Crippen LogP contribution >= 0.6 is 0 Å². The number of phenols is 1. The molecule has 0 aliphatic heterocycles. The number of hydrogen-bond acceptors (Lipinski definition) is 2. The maximum Gasteiger partial charge on any atom is 0.220 e. The van der Waals surface area contributed by atoms with Gasteiger partial charge in [-0.3, -0.25) is 4.79 Å². The van der Waals surface area contributed by atoms with Crippen molar-refractivity contribution in [3.05, 3.63) is 28.8 Å². The molecule has 0 fully saturated rings. The van der Waals surface area contributed by atoms with E-state index in [1.807, 2.05) is 0 Å². The number of carbonyl (C=O) groups is 1. The monoisotopic (exact) mass is 572 g/mol. The van der Waals surface area contributed by atoms with E-state index in [9.17, 15) is 9.90 Å². The van der Waals surface area contributed by atoms with Gasteiger partial charge in [-0.15, -0.1) is 0 Å². The molecule has 1 amide bonds. The minimum absolute atomic E-state index is 0.132. The van der Waals surface area contributed by atoms with E-state index in [4.69, 9.17) is 0 Å². The van der Waals surface area contributed by atoms with Crippen molar-refractivity contribution in [2.45, 2.75) is 201 Å². The van der Waals surface area contributed by atoms with Gasteiger partial charge in [-0.1, -0.05) is 170 Å². The van der Waals surface area contributed by atoms with Gasteiger partial charge in [0.15, 0.2) is 0 Å². The summed E-state index contributed by atoms with van der Waals surface area (Å²) in [5, 5.41) is 14.2. The van der Waals surface area contributed by atoms with Gasteiger partial charge < -0.3 is 10.4 Å². The molecule has 2 N–H and O–H groups in total. The van der Waals surface area contributed by atoms with Crippen molar-refractivity contribution in [3.63, 3.8) is 0 Å². The van der Waals surface area contributed by atoms with Crippen LogP contribution in [-0.2, 0) is 22.0 Å². The summed E-state index contributed by atoms with van der Waals surface area (Å²) in [6, 6.07) is 4.42. The summed E-state index contributed by atoms with van der Waals surface area (Å²) >= 11 is 0. The van der Waals surface area contributed by atoms with Crippen LogP contribution in [0.3, 0.4) is 0 Å². The molecule has 1 aromatic rings. The number of rotatable bonds is 22. The quantitative estimate of drug-likeness (QED) is 0.136. The molecule has 0 spiro atoms. The second-order valence-corrected chi connectivity index (χ2v) is 15.0. The first-order valence-electron chi connectivity index (χ1n) is 17.5. The van der Waals surface area contributed by atoms with E-state index in [1.54, 1.807) is 0 Å². The molecule has 238 valence electrons. The number of nitrogens with one attached hydrogen (secondary N) is 1. The van der Waals surface area contributed by atoms with Crippen LogP contribution in [0.1, 0.15) is 194 Å². The minimum atomic E-state index is -0.149. The molecule has 0 aliphatic carbocycles. The van der Waals surface area contributed by atoms with Gasteiger partial charge in [-0.25, -0.2) is 0 Å². The maximum atomic E-state index is 12.7. The van der Waals surface area contributed by atoms with E-state index in [1.165, 1.54) is 109 Å². The number of carbonyl (C=O) groups excluding carboxylic acids is 1. The highest BCUT2D eigenvalue weighted by molar-refractivity contribution is 5.76. The zero-order chi connectivity index (χ0) is 30.7. The molecule has 1 atom stereocenters. The third-order valence-electron chi connectivity index (χ3n) is 8.57. The number of amides is 1. The zero-order valence-electron chi connectivity index (χ0n) is 28.7. The van der Waals surface area contributed by atoms with E-state index in [0.717, 1.165) is 23.1 Å². The van der Waals surface area contributed by atoms with Crippen LogP contribution in [0, 0.1) is 0 Å². The number of unbranched alkanes of at least 4 members (excludes halogenated alkanes) is 16.